The molecule has 1 N–H and O–H groups in total. The quantitative estimate of drug-likeness (QED) is 0.545. The van der Waals surface area contributed by atoms with E-state index in [1.165, 1.54) is 11.3 Å². The molecule has 0 radical (unpaired) electrons. The second kappa shape index (κ2) is 6.66. The Morgan fingerprint density at radius 1 is 1.08 bits per heavy atom. The molecule has 0 bridgehead atoms. The average Bonchev–Trinajstić information content (AvgIpc) is 3.37. The molecule has 1 aromatic carbocycles. The van der Waals surface area contributed by atoms with Crippen molar-refractivity contribution in [3.63, 3.8) is 0 Å². The molecule has 3 aromatic heterocycles. The van der Waals surface area contributed by atoms with Gasteiger partial charge in [0.2, 0.25) is 0 Å². The molecule has 0 aliphatic heterocycles. The van der Waals surface area contributed by atoms with E-state index in [1.807, 2.05) is 61.1 Å². The number of carbonyl (C=O) groups excluding carboxylic acids is 1. The Hall–Kier alpha value is -2.70. The van der Waals surface area contributed by atoms with Gasteiger partial charge in [-0.3, -0.25) is 4.79 Å². The topological polar surface area (TPSA) is 46.9 Å². The van der Waals surface area contributed by atoms with Gasteiger partial charge in [-0.15, -0.1) is 22.7 Å². The minimum Gasteiger partial charge on any atom is -0.349 e. The van der Waals surface area contributed by atoms with Gasteiger partial charge in [-0.05, 0) is 47.8 Å². The fourth-order valence-electron chi connectivity index (χ4n) is 2.55. The number of aryl methyl sites for hydroxylation is 1. The first kappa shape index (κ1) is 15.8. The number of benzene rings is 1. The van der Waals surface area contributed by atoms with Gasteiger partial charge in [-0.2, -0.15) is 0 Å². The summed E-state index contributed by atoms with van der Waals surface area (Å²) in [6.45, 7) is 0. The Kier molecular flexibility index (Phi) is 4.21. The summed E-state index contributed by atoms with van der Waals surface area (Å²) in [5.74, 6) is -0.0806. The number of carbonyl (C=O) groups is 1. The Balaban J connectivity index is 1.52. The van der Waals surface area contributed by atoms with E-state index in [4.69, 9.17) is 4.98 Å². The van der Waals surface area contributed by atoms with Crippen LogP contribution in [0.4, 0.5) is 5.69 Å². The third-order valence-electron chi connectivity index (χ3n) is 3.85. The number of nitrogens with one attached hydrogen (secondary N) is 1. The van der Waals surface area contributed by atoms with Gasteiger partial charge in [0.15, 0.2) is 0 Å². The Morgan fingerprint density at radius 3 is 2.60 bits per heavy atom. The number of anilines is 1. The lowest BCUT2D eigenvalue weighted by atomic mass is 10.2. The van der Waals surface area contributed by atoms with E-state index in [9.17, 15) is 4.79 Å². The van der Waals surface area contributed by atoms with Crippen molar-refractivity contribution in [3.05, 3.63) is 70.4 Å². The fourth-order valence-corrected chi connectivity index (χ4v) is 3.99. The first-order chi connectivity index (χ1) is 12.2. The summed E-state index contributed by atoms with van der Waals surface area (Å²) in [5, 5.41) is 7.83. The molecule has 6 heteroatoms. The predicted octanol–water partition coefficient (Wildman–Crippen LogP) is 5.13. The van der Waals surface area contributed by atoms with Gasteiger partial charge in [-0.25, -0.2) is 4.98 Å². The van der Waals surface area contributed by atoms with Gasteiger partial charge >= 0.3 is 0 Å². The molecule has 0 atom stereocenters. The van der Waals surface area contributed by atoms with Crippen molar-refractivity contribution in [2.45, 2.75) is 0 Å². The second-order valence-electron chi connectivity index (χ2n) is 5.55. The summed E-state index contributed by atoms with van der Waals surface area (Å²) >= 11 is 3.05. The molecule has 0 unspecified atom stereocenters. The molecule has 0 fully saturated rings. The van der Waals surface area contributed by atoms with Crippen molar-refractivity contribution in [3.8, 4) is 22.0 Å². The number of thiazole rings is 1. The van der Waals surface area contributed by atoms with Crippen molar-refractivity contribution in [1.29, 1.82) is 0 Å². The SMILES string of the molecule is Cn1cccc1-c1csc(-c2ccc(NC(=O)c3cccs3)cc2)n1. The normalized spacial score (nSPS) is 10.8. The molecule has 4 aromatic rings. The highest BCUT2D eigenvalue weighted by Gasteiger charge is 2.10. The molecule has 3 heterocycles. The number of hydrogen-bond donors (Lipinski definition) is 1. The molecule has 0 aliphatic rings. The van der Waals surface area contributed by atoms with Gasteiger partial charge < -0.3 is 9.88 Å². The van der Waals surface area contributed by atoms with E-state index in [0.717, 1.165) is 27.6 Å². The molecule has 124 valence electrons. The van der Waals surface area contributed by atoms with Crippen LogP contribution in [0.5, 0.6) is 0 Å². The van der Waals surface area contributed by atoms with Crippen molar-refractivity contribution in [2.24, 2.45) is 7.05 Å². The van der Waals surface area contributed by atoms with E-state index in [2.05, 4.69) is 21.3 Å². The molecular formula is C19H15N3OS2. The molecule has 4 nitrogen and oxygen atoms in total. The van der Waals surface area contributed by atoms with Crippen LogP contribution >= 0.6 is 22.7 Å². The van der Waals surface area contributed by atoms with Crippen molar-refractivity contribution in [1.82, 2.24) is 9.55 Å². The molecular weight excluding hydrogens is 350 g/mol. The van der Waals surface area contributed by atoms with Crippen LogP contribution in [0.25, 0.3) is 22.0 Å². The summed E-state index contributed by atoms with van der Waals surface area (Å²) in [6.07, 6.45) is 2.01. The molecule has 1 amide bonds. The summed E-state index contributed by atoms with van der Waals surface area (Å²) in [4.78, 5) is 17.5. The average molecular weight is 365 g/mol. The number of aromatic nitrogens is 2. The number of nitrogens with zero attached hydrogens (tertiary/aromatic N) is 2. The van der Waals surface area contributed by atoms with Gasteiger partial charge in [-0.1, -0.05) is 6.07 Å². The summed E-state index contributed by atoms with van der Waals surface area (Å²) < 4.78 is 2.06. The third-order valence-corrected chi connectivity index (χ3v) is 5.61. The number of hydrogen-bond acceptors (Lipinski definition) is 4. The second-order valence-corrected chi connectivity index (χ2v) is 7.36. The van der Waals surface area contributed by atoms with E-state index in [-0.39, 0.29) is 5.91 Å². The van der Waals surface area contributed by atoms with Crippen molar-refractivity contribution in [2.75, 3.05) is 5.32 Å². The monoisotopic (exact) mass is 365 g/mol. The van der Waals surface area contributed by atoms with Gasteiger partial charge in [0.1, 0.15) is 5.01 Å². The van der Waals surface area contributed by atoms with Crippen LogP contribution in [-0.4, -0.2) is 15.5 Å². The lowest BCUT2D eigenvalue weighted by Gasteiger charge is -2.04. The standard InChI is InChI=1S/C19H15N3OS2/c1-22-10-2-4-16(22)15-12-25-19(21-15)13-6-8-14(9-7-13)20-18(23)17-5-3-11-24-17/h2-12H,1H3,(H,20,23). The van der Waals surface area contributed by atoms with E-state index in [1.54, 1.807) is 11.3 Å². The fraction of sp³-hybridized carbons (Fsp3) is 0.0526. The van der Waals surface area contributed by atoms with Gasteiger partial charge in [0, 0.05) is 29.9 Å². The van der Waals surface area contributed by atoms with Crippen LogP contribution in [0.1, 0.15) is 9.67 Å². The highest BCUT2D eigenvalue weighted by molar-refractivity contribution is 7.13. The predicted molar refractivity (Wildman–Crippen MR) is 104 cm³/mol. The number of thiophene rings is 1. The highest BCUT2D eigenvalue weighted by Crippen LogP contribution is 2.29. The zero-order valence-corrected chi connectivity index (χ0v) is 15.1. The van der Waals surface area contributed by atoms with Crippen LogP contribution in [0.15, 0.2) is 65.5 Å². The zero-order valence-electron chi connectivity index (χ0n) is 13.5. The van der Waals surface area contributed by atoms with E-state index in [0.29, 0.717) is 4.88 Å². The Bertz CT molecular complexity index is 998. The maximum atomic E-state index is 12.1. The summed E-state index contributed by atoms with van der Waals surface area (Å²) in [7, 11) is 2.01. The van der Waals surface area contributed by atoms with E-state index >= 15 is 0 Å². The maximum absolute atomic E-state index is 12.1. The smallest absolute Gasteiger partial charge is 0.265 e. The van der Waals surface area contributed by atoms with Crippen LogP contribution < -0.4 is 5.32 Å². The molecule has 0 saturated heterocycles. The van der Waals surface area contributed by atoms with E-state index < -0.39 is 0 Å². The van der Waals surface area contributed by atoms with Crippen LogP contribution in [0.2, 0.25) is 0 Å². The molecule has 0 saturated carbocycles. The number of amides is 1. The largest absolute Gasteiger partial charge is 0.349 e. The van der Waals surface area contributed by atoms with Gasteiger partial charge in [0.25, 0.3) is 5.91 Å². The summed E-state index contributed by atoms with van der Waals surface area (Å²) in [5.41, 5.74) is 3.89. The molecule has 0 spiro atoms. The van der Waals surface area contributed by atoms with Crippen molar-refractivity contribution >= 4 is 34.3 Å². The van der Waals surface area contributed by atoms with Crippen LogP contribution in [-0.2, 0) is 7.05 Å². The first-order valence-electron chi connectivity index (χ1n) is 7.73. The lowest BCUT2D eigenvalue weighted by molar-refractivity contribution is 0.103. The van der Waals surface area contributed by atoms with Crippen molar-refractivity contribution < 1.29 is 4.79 Å². The van der Waals surface area contributed by atoms with Crippen LogP contribution in [0, 0.1) is 0 Å². The first-order valence-corrected chi connectivity index (χ1v) is 9.49. The Morgan fingerprint density at radius 2 is 1.92 bits per heavy atom. The van der Waals surface area contributed by atoms with Crippen LogP contribution in [0.3, 0.4) is 0 Å². The minimum absolute atomic E-state index is 0.0806. The third kappa shape index (κ3) is 3.26. The summed E-state index contributed by atoms with van der Waals surface area (Å²) in [6, 6.07) is 15.5. The molecule has 25 heavy (non-hydrogen) atoms. The zero-order chi connectivity index (χ0) is 17.2. The number of rotatable bonds is 4. The molecule has 0 aliphatic carbocycles. The maximum Gasteiger partial charge on any atom is 0.265 e. The highest BCUT2D eigenvalue weighted by atomic mass is 32.1. The minimum atomic E-state index is -0.0806. The van der Waals surface area contributed by atoms with Gasteiger partial charge in [0.05, 0.1) is 16.3 Å². The lowest BCUT2D eigenvalue weighted by Crippen LogP contribution is -2.09. The molecule has 4 rings (SSSR count). The Labute approximate surface area is 153 Å².